The normalized spacial score (nSPS) is 11.7. The van der Waals surface area contributed by atoms with E-state index in [1.54, 1.807) is 20.1 Å². The van der Waals surface area contributed by atoms with E-state index in [0.29, 0.717) is 12.3 Å². The molecule has 1 aromatic heterocycles. The van der Waals surface area contributed by atoms with Gasteiger partial charge >= 0.3 is 5.97 Å². The summed E-state index contributed by atoms with van der Waals surface area (Å²) in [4.78, 5) is 16.2. The summed E-state index contributed by atoms with van der Waals surface area (Å²) in [5.74, 6) is 0.363. The molecule has 2 rings (SSSR count). The van der Waals surface area contributed by atoms with Crippen LogP contribution in [0.5, 0.6) is 5.75 Å². The number of rotatable bonds is 8. The number of methoxy groups -OCH3 is 1. The summed E-state index contributed by atoms with van der Waals surface area (Å²) >= 11 is 1.49. The third kappa shape index (κ3) is 4.91. The molecule has 5 nitrogen and oxygen atoms in total. The van der Waals surface area contributed by atoms with Gasteiger partial charge in [0.2, 0.25) is 0 Å². The molecule has 2 aromatic rings. The fourth-order valence-electron chi connectivity index (χ4n) is 1.80. The van der Waals surface area contributed by atoms with E-state index in [2.05, 4.69) is 11.6 Å². The van der Waals surface area contributed by atoms with Gasteiger partial charge in [-0.25, -0.2) is 9.78 Å². The lowest BCUT2D eigenvalue weighted by Crippen LogP contribution is -2.23. The van der Waals surface area contributed by atoms with Crippen LogP contribution in [-0.4, -0.2) is 30.8 Å². The van der Waals surface area contributed by atoms with Gasteiger partial charge in [-0.3, -0.25) is 0 Å². The van der Waals surface area contributed by atoms with Gasteiger partial charge in [-0.15, -0.1) is 17.9 Å². The number of carbonyl (C=O) groups excluding carboxylic acids is 1. The topological polar surface area (TPSA) is 57.7 Å². The first-order valence-electron chi connectivity index (χ1n) is 7.12. The molecule has 0 bridgehead atoms. The van der Waals surface area contributed by atoms with E-state index in [-0.39, 0.29) is 6.61 Å². The Kier molecular flexibility index (Phi) is 6.31. The van der Waals surface area contributed by atoms with E-state index >= 15 is 0 Å². The van der Waals surface area contributed by atoms with Crippen molar-refractivity contribution in [2.24, 2.45) is 0 Å². The van der Waals surface area contributed by atoms with Gasteiger partial charge in [0.15, 0.2) is 6.10 Å². The second kappa shape index (κ2) is 8.45. The molecule has 1 atom stereocenters. The molecule has 1 heterocycles. The molecule has 1 unspecified atom stereocenters. The highest BCUT2D eigenvalue weighted by Crippen LogP contribution is 2.27. The highest BCUT2D eigenvalue weighted by Gasteiger charge is 2.15. The molecular formula is C17H19NO4S. The Morgan fingerprint density at radius 2 is 2.30 bits per heavy atom. The number of esters is 1. The predicted molar refractivity (Wildman–Crippen MR) is 89.5 cm³/mol. The summed E-state index contributed by atoms with van der Waals surface area (Å²) < 4.78 is 15.6. The Labute approximate surface area is 139 Å². The monoisotopic (exact) mass is 333 g/mol. The second-order valence-corrected chi connectivity index (χ2v) is 5.61. The van der Waals surface area contributed by atoms with Gasteiger partial charge in [-0.2, -0.15) is 0 Å². The van der Waals surface area contributed by atoms with Crippen LogP contribution in [0.3, 0.4) is 0 Å². The number of thiazole rings is 1. The van der Waals surface area contributed by atoms with Gasteiger partial charge in [-0.05, 0) is 19.1 Å². The van der Waals surface area contributed by atoms with Crippen molar-refractivity contribution in [1.82, 2.24) is 4.98 Å². The molecule has 0 fully saturated rings. The van der Waals surface area contributed by atoms with E-state index < -0.39 is 12.1 Å². The minimum Gasteiger partial charge on any atom is -0.497 e. The number of ether oxygens (including phenoxy) is 3. The number of nitrogens with zero attached hydrogens (tertiary/aromatic N) is 1. The molecule has 0 saturated carbocycles. The fourth-order valence-corrected chi connectivity index (χ4v) is 2.61. The molecule has 122 valence electrons. The quantitative estimate of drug-likeness (QED) is 0.547. The van der Waals surface area contributed by atoms with Crippen LogP contribution in [0.1, 0.15) is 12.6 Å². The molecule has 0 spiro atoms. The van der Waals surface area contributed by atoms with Gasteiger partial charge in [0.1, 0.15) is 17.4 Å². The van der Waals surface area contributed by atoms with Crippen LogP contribution < -0.4 is 4.74 Å². The molecular weight excluding hydrogens is 314 g/mol. The summed E-state index contributed by atoms with van der Waals surface area (Å²) in [7, 11) is 1.63. The average Bonchev–Trinajstić information content (AvgIpc) is 3.06. The van der Waals surface area contributed by atoms with Crippen LogP contribution in [-0.2, 0) is 20.9 Å². The van der Waals surface area contributed by atoms with Crippen LogP contribution in [0.4, 0.5) is 0 Å². The maximum atomic E-state index is 11.8. The van der Waals surface area contributed by atoms with E-state index in [0.717, 1.165) is 16.3 Å². The van der Waals surface area contributed by atoms with E-state index in [1.165, 1.54) is 11.3 Å². The third-order valence-corrected chi connectivity index (χ3v) is 3.97. The summed E-state index contributed by atoms with van der Waals surface area (Å²) in [5, 5.41) is 2.73. The number of hydrogen-bond donors (Lipinski definition) is 0. The largest absolute Gasteiger partial charge is 0.497 e. The average molecular weight is 333 g/mol. The minimum absolute atomic E-state index is 0.126. The van der Waals surface area contributed by atoms with Crippen molar-refractivity contribution in [1.29, 1.82) is 0 Å². The van der Waals surface area contributed by atoms with Crippen molar-refractivity contribution in [3.05, 3.63) is 48.0 Å². The first-order chi connectivity index (χ1) is 11.1. The Hall–Kier alpha value is -2.18. The number of hydrogen-bond acceptors (Lipinski definition) is 6. The van der Waals surface area contributed by atoms with Gasteiger partial charge < -0.3 is 14.2 Å². The zero-order chi connectivity index (χ0) is 16.7. The van der Waals surface area contributed by atoms with E-state index in [9.17, 15) is 4.79 Å². The van der Waals surface area contributed by atoms with Gasteiger partial charge in [0, 0.05) is 10.9 Å². The molecule has 0 aliphatic carbocycles. The van der Waals surface area contributed by atoms with Crippen molar-refractivity contribution in [3.63, 3.8) is 0 Å². The molecule has 0 radical (unpaired) electrons. The predicted octanol–water partition coefficient (Wildman–Crippen LogP) is 3.45. The molecule has 0 saturated heterocycles. The van der Waals surface area contributed by atoms with Gasteiger partial charge in [0.05, 0.1) is 19.4 Å². The lowest BCUT2D eigenvalue weighted by molar-refractivity contribution is -0.156. The Balaban J connectivity index is 1.94. The van der Waals surface area contributed by atoms with Crippen LogP contribution in [0.2, 0.25) is 0 Å². The summed E-state index contributed by atoms with van der Waals surface area (Å²) in [6.45, 7) is 5.62. The molecule has 23 heavy (non-hydrogen) atoms. The lowest BCUT2D eigenvalue weighted by Gasteiger charge is -2.10. The fraction of sp³-hybridized carbons (Fsp3) is 0.294. The van der Waals surface area contributed by atoms with Crippen molar-refractivity contribution in [2.45, 2.75) is 19.6 Å². The lowest BCUT2D eigenvalue weighted by atomic mass is 10.2. The second-order valence-electron chi connectivity index (χ2n) is 4.75. The molecule has 6 heteroatoms. The number of carbonyl (C=O) groups is 1. The third-order valence-electron chi connectivity index (χ3n) is 3.03. The maximum Gasteiger partial charge on any atom is 0.335 e. The van der Waals surface area contributed by atoms with Crippen molar-refractivity contribution in [3.8, 4) is 16.3 Å². The molecule has 0 amide bonds. The van der Waals surface area contributed by atoms with Crippen molar-refractivity contribution < 1.29 is 19.0 Å². The highest BCUT2D eigenvalue weighted by atomic mass is 32.1. The van der Waals surface area contributed by atoms with Gasteiger partial charge in [-0.1, -0.05) is 18.2 Å². The Morgan fingerprint density at radius 1 is 1.48 bits per heavy atom. The van der Waals surface area contributed by atoms with Crippen LogP contribution in [0, 0.1) is 0 Å². The zero-order valence-electron chi connectivity index (χ0n) is 13.2. The van der Waals surface area contributed by atoms with E-state index in [1.807, 2.05) is 29.6 Å². The first kappa shape index (κ1) is 17.2. The smallest absolute Gasteiger partial charge is 0.335 e. The SMILES string of the molecule is C=CCOC(C)C(=O)OCc1csc(-c2cccc(OC)c2)n1. The Bertz CT molecular complexity index is 668. The van der Waals surface area contributed by atoms with Gasteiger partial charge in [0.25, 0.3) is 0 Å². The summed E-state index contributed by atoms with van der Waals surface area (Å²) in [6.07, 6.45) is 0.967. The molecule has 1 aromatic carbocycles. The Morgan fingerprint density at radius 3 is 3.04 bits per heavy atom. The standard InChI is InChI=1S/C17H19NO4S/c1-4-8-21-12(2)17(19)22-10-14-11-23-16(18-14)13-6-5-7-15(9-13)20-3/h4-7,9,11-12H,1,8,10H2,2-3H3. The number of aromatic nitrogens is 1. The molecule has 0 N–H and O–H groups in total. The van der Waals surface area contributed by atoms with Crippen molar-refractivity contribution in [2.75, 3.05) is 13.7 Å². The maximum absolute atomic E-state index is 11.8. The summed E-state index contributed by atoms with van der Waals surface area (Å²) in [5.41, 5.74) is 1.67. The summed E-state index contributed by atoms with van der Waals surface area (Å²) in [6, 6.07) is 7.67. The first-order valence-corrected chi connectivity index (χ1v) is 8.00. The minimum atomic E-state index is -0.621. The van der Waals surface area contributed by atoms with E-state index in [4.69, 9.17) is 14.2 Å². The number of benzene rings is 1. The van der Waals surface area contributed by atoms with Crippen LogP contribution in [0.15, 0.2) is 42.3 Å². The molecule has 0 aliphatic heterocycles. The highest BCUT2D eigenvalue weighted by molar-refractivity contribution is 7.13. The van der Waals surface area contributed by atoms with Crippen molar-refractivity contribution >= 4 is 17.3 Å². The molecule has 0 aliphatic rings. The van der Waals surface area contributed by atoms with Crippen LogP contribution in [0.25, 0.3) is 10.6 Å². The van der Waals surface area contributed by atoms with Crippen LogP contribution >= 0.6 is 11.3 Å². The zero-order valence-corrected chi connectivity index (χ0v) is 14.0.